The number of carbonyl (C=O) groups excluding carboxylic acids is 1. The lowest BCUT2D eigenvalue weighted by molar-refractivity contribution is -0.384. The second-order valence-corrected chi connectivity index (χ2v) is 8.96. The molecule has 9 nitrogen and oxygen atoms in total. The summed E-state index contributed by atoms with van der Waals surface area (Å²) in [5.41, 5.74) is 2.46. The molecule has 1 atom stereocenters. The van der Waals surface area contributed by atoms with Crippen LogP contribution < -0.4 is 20.4 Å². The summed E-state index contributed by atoms with van der Waals surface area (Å²) in [7, 11) is 0. The number of benzene rings is 2. The van der Waals surface area contributed by atoms with Crippen molar-refractivity contribution in [2.24, 2.45) is 0 Å². The SMILES string of the molecule is CC1CCCCN1c1ccc(NC(=S)NC(=O)c2ccc(N3CCOCC3)c([N+](=O)[O-])c2)cc1. The molecule has 10 heteroatoms. The molecular weight excluding hydrogens is 454 g/mol. The van der Waals surface area contributed by atoms with Gasteiger partial charge in [-0.1, -0.05) is 0 Å². The monoisotopic (exact) mass is 483 g/mol. The molecule has 2 aliphatic rings. The highest BCUT2D eigenvalue weighted by molar-refractivity contribution is 7.80. The number of rotatable bonds is 5. The number of amides is 1. The molecule has 0 bridgehead atoms. The van der Waals surface area contributed by atoms with Gasteiger partial charge in [-0.3, -0.25) is 20.2 Å². The molecule has 2 N–H and O–H groups in total. The van der Waals surface area contributed by atoms with Gasteiger partial charge in [-0.05, 0) is 74.8 Å². The molecule has 2 aliphatic heterocycles. The van der Waals surface area contributed by atoms with E-state index in [1.54, 1.807) is 12.1 Å². The van der Waals surface area contributed by atoms with Crippen molar-refractivity contribution in [3.8, 4) is 0 Å². The smallest absolute Gasteiger partial charge is 0.293 e. The van der Waals surface area contributed by atoms with Crippen LogP contribution in [0.5, 0.6) is 0 Å². The van der Waals surface area contributed by atoms with Crippen LogP contribution >= 0.6 is 12.2 Å². The number of nitrogens with zero attached hydrogens (tertiary/aromatic N) is 3. The Kier molecular flexibility index (Phi) is 7.59. The van der Waals surface area contributed by atoms with Crippen LogP contribution in [0.15, 0.2) is 42.5 Å². The van der Waals surface area contributed by atoms with E-state index in [2.05, 4.69) is 22.5 Å². The number of morpholine rings is 1. The number of anilines is 3. The predicted octanol–water partition coefficient (Wildman–Crippen LogP) is 3.94. The van der Waals surface area contributed by atoms with Crippen LogP contribution in [-0.2, 0) is 4.74 Å². The van der Waals surface area contributed by atoms with Gasteiger partial charge in [-0.2, -0.15) is 0 Å². The highest BCUT2D eigenvalue weighted by Crippen LogP contribution is 2.30. The molecule has 2 heterocycles. The summed E-state index contributed by atoms with van der Waals surface area (Å²) in [6.45, 7) is 5.45. The number of hydrogen-bond donors (Lipinski definition) is 2. The highest BCUT2D eigenvalue weighted by atomic mass is 32.1. The largest absolute Gasteiger partial charge is 0.378 e. The molecule has 2 fully saturated rings. The van der Waals surface area contributed by atoms with Gasteiger partial charge in [0, 0.05) is 48.7 Å². The van der Waals surface area contributed by atoms with E-state index in [0.717, 1.165) is 12.2 Å². The zero-order chi connectivity index (χ0) is 24.1. The van der Waals surface area contributed by atoms with Crippen molar-refractivity contribution in [1.29, 1.82) is 0 Å². The number of carbonyl (C=O) groups is 1. The zero-order valence-electron chi connectivity index (χ0n) is 19.2. The van der Waals surface area contributed by atoms with E-state index in [1.807, 2.05) is 29.2 Å². The molecule has 0 saturated carbocycles. The lowest BCUT2D eigenvalue weighted by Gasteiger charge is -2.35. The Hall–Kier alpha value is -3.24. The number of nitro groups is 1. The average molecular weight is 484 g/mol. The summed E-state index contributed by atoms with van der Waals surface area (Å²) in [5.74, 6) is -0.507. The first-order valence-corrected chi connectivity index (χ1v) is 11.9. The van der Waals surface area contributed by atoms with Crippen LogP contribution in [0.3, 0.4) is 0 Å². The first-order valence-electron chi connectivity index (χ1n) is 11.5. The Balaban J connectivity index is 1.39. The van der Waals surface area contributed by atoms with E-state index >= 15 is 0 Å². The first kappa shape index (κ1) is 23.9. The lowest BCUT2D eigenvalue weighted by atomic mass is 10.0. The minimum absolute atomic E-state index is 0.115. The molecule has 1 unspecified atom stereocenters. The maximum absolute atomic E-state index is 12.7. The lowest BCUT2D eigenvalue weighted by Crippen LogP contribution is -2.37. The van der Waals surface area contributed by atoms with Gasteiger partial charge < -0.3 is 19.9 Å². The third-order valence-corrected chi connectivity index (χ3v) is 6.48. The van der Waals surface area contributed by atoms with E-state index in [1.165, 1.54) is 31.0 Å². The summed E-state index contributed by atoms with van der Waals surface area (Å²) < 4.78 is 5.32. The van der Waals surface area contributed by atoms with Crippen molar-refractivity contribution < 1.29 is 14.5 Å². The molecule has 0 radical (unpaired) electrons. The van der Waals surface area contributed by atoms with Gasteiger partial charge in [0.2, 0.25) is 0 Å². The normalized spacial score (nSPS) is 18.3. The molecule has 0 spiro atoms. The van der Waals surface area contributed by atoms with E-state index < -0.39 is 10.8 Å². The molecule has 1 amide bonds. The Labute approximate surface area is 204 Å². The summed E-state index contributed by atoms with van der Waals surface area (Å²) in [5, 5.41) is 17.4. The Morgan fingerprint density at radius 1 is 1.12 bits per heavy atom. The van der Waals surface area contributed by atoms with Crippen molar-refractivity contribution in [1.82, 2.24) is 5.32 Å². The van der Waals surface area contributed by atoms with Gasteiger partial charge in [0.15, 0.2) is 5.11 Å². The molecule has 0 aliphatic carbocycles. The maximum atomic E-state index is 12.7. The van der Waals surface area contributed by atoms with E-state index in [4.69, 9.17) is 17.0 Å². The second kappa shape index (κ2) is 10.8. The van der Waals surface area contributed by atoms with Crippen LogP contribution in [0.1, 0.15) is 36.5 Å². The second-order valence-electron chi connectivity index (χ2n) is 8.55. The van der Waals surface area contributed by atoms with Gasteiger partial charge in [-0.15, -0.1) is 0 Å². The maximum Gasteiger partial charge on any atom is 0.293 e. The van der Waals surface area contributed by atoms with Crippen molar-refractivity contribution in [2.45, 2.75) is 32.2 Å². The van der Waals surface area contributed by atoms with Crippen LogP contribution in [0.4, 0.5) is 22.7 Å². The van der Waals surface area contributed by atoms with Crippen molar-refractivity contribution in [3.05, 3.63) is 58.1 Å². The Bertz CT molecular complexity index is 1060. The predicted molar refractivity (Wildman–Crippen MR) is 137 cm³/mol. The number of hydrogen-bond acceptors (Lipinski definition) is 7. The van der Waals surface area contributed by atoms with E-state index in [0.29, 0.717) is 38.0 Å². The molecule has 180 valence electrons. The fraction of sp³-hybridized carbons (Fsp3) is 0.417. The van der Waals surface area contributed by atoms with Crippen LogP contribution in [0.2, 0.25) is 0 Å². The zero-order valence-corrected chi connectivity index (χ0v) is 20.0. The van der Waals surface area contributed by atoms with Gasteiger partial charge in [0.1, 0.15) is 5.69 Å². The Morgan fingerprint density at radius 2 is 1.85 bits per heavy atom. The minimum Gasteiger partial charge on any atom is -0.378 e. The number of thiocarbonyl (C=S) groups is 1. The van der Waals surface area contributed by atoms with Crippen molar-refractivity contribution >= 4 is 46.0 Å². The van der Waals surface area contributed by atoms with Gasteiger partial charge in [0.25, 0.3) is 11.6 Å². The fourth-order valence-electron chi connectivity index (χ4n) is 4.44. The summed E-state index contributed by atoms with van der Waals surface area (Å²) in [4.78, 5) is 28.2. The van der Waals surface area contributed by atoms with Crippen LogP contribution in [0, 0.1) is 10.1 Å². The standard InChI is InChI=1S/C24H29N5O4S/c1-17-4-2-3-11-28(17)20-8-6-19(7-9-20)25-24(34)26-23(30)18-5-10-21(22(16-18)29(31)32)27-12-14-33-15-13-27/h5-10,16-17H,2-4,11-15H2,1H3,(H2,25,26,30,34). The molecule has 34 heavy (non-hydrogen) atoms. The Morgan fingerprint density at radius 3 is 2.53 bits per heavy atom. The van der Waals surface area contributed by atoms with Crippen molar-refractivity contribution in [2.75, 3.05) is 48.0 Å². The minimum atomic E-state index is -0.507. The third-order valence-electron chi connectivity index (χ3n) is 6.27. The average Bonchev–Trinajstić information content (AvgIpc) is 2.85. The highest BCUT2D eigenvalue weighted by Gasteiger charge is 2.24. The number of ether oxygens (including phenoxy) is 1. The quantitative estimate of drug-likeness (QED) is 0.375. The van der Waals surface area contributed by atoms with Gasteiger partial charge in [0.05, 0.1) is 18.1 Å². The van der Waals surface area contributed by atoms with Gasteiger partial charge in [-0.25, -0.2) is 0 Å². The third kappa shape index (κ3) is 5.63. The summed E-state index contributed by atoms with van der Waals surface area (Å²) in [6, 6.07) is 12.9. The molecule has 0 aromatic heterocycles. The van der Waals surface area contributed by atoms with E-state index in [9.17, 15) is 14.9 Å². The van der Waals surface area contributed by atoms with E-state index in [-0.39, 0.29) is 16.4 Å². The molecular formula is C24H29N5O4S. The van der Waals surface area contributed by atoms with Gasteiger partial charge >= 0.3 is 0 Å². The summed E-state index contributed by atoms with van der Waals surface area (Å²) >= 11 is 5.29. The summed E-state index contributed by atoms with van der Waals surface area (Å²) in [6.07, 6.45) is 3.66. The molecule has 2 saturated heterocycles. The molecule has 2 aromatic rings. The number of nitro benzene ring substituents is 1. The van der Waals surface area contributed by atoms with Crippen LogP contribution in [0.25, 0.3) is 0 Å². The fourth-order valence-corrected chi connectivity index (χ4v) is 4.65. The molecule has 2 aromatic carbocycles. The van der Waals surface area contributed by atoms with Crippen LogP contribution in [-0.4, -0.2) is 54.8 Å². The van der Waals surface area contributed by atoms with Crippen molar-refractivity contribution in [3.63, 3.8) is 0 Å². The first-order chi connectivity index (χ1) is 16.4. The molecule has 4 rings (SSSR count). The number of piperidine rings is 1. The number of nitrogens with one attached hydrogen (secondary N) is 2. The topological polar surface area (TPSA) is 100.0 Å².